The minimum absolute atomic E-state index is 0.00366. The summed E-state index contributed by atoms with van der Waals surface area (Å²) >= 11 is 0. The van der Waals surface area contributed by atoms with E-state index < -0.39 is 5.97 Å². The zero-order chi connectivity index (χ0) is 12.1. The quantitative estimate of drug-likeness (QED) is 0.793. The molecule has 1 heterocycles. The third kappa shape index (κ3) is 2.93. The number of rotatable bonds is 5. The van der Waals surface area contributed by atoms with Crippen molar-refractivity contribution in [1.29, 1.82) is 0 Å². The molecule has 0 aromatic carbocycles. The Balaban J connectivity index is 2.87. The Hall–Kier alpha value is -1.62. The van der Waals surface area contributed by atoms with Gasteiger partial charge in [-0.15, -0.1) is 0 Å². The summed E-state index contributed by atoms with van der Waals surface area (Å²) in [6.07, 6.45) is 1.59. The number of aryl methyl sites for hydroxylation is 1. The Morgan fingerprint density at radius 3 is 2.94 bits per heavy atom. The number of aromatic carboxylic acids is 1. The average Bonchev–Trinajstić information content (AvgIpc) is 2.25. The molecule has 1 aromatic heterocycles. The molecule has 16 heavy (non-hydrogen) atoms. The average molecular weight is 224 g/mol. The third-order valence-corrected chi connectivity index (χ3v) is 2.33. The van der Waals surface area contributed by atoms with E-state index in [1.807, 2.05) is 6.92 Å². The number of anilines is 1. The maximum Gasteiger partial charge on any atom is 0.339 e. The molecule has 5 nitrogen and oxygen atoms in total. The number of carboxylic acids is 1. The van der Waals surface area contributed by atoms with Gasteiger partial charge in [0.25, 0.3) is 0 Å². The molecule has 0 radical (unpaired) electrons. The SMILES string of the molecule is COC(C)CNc1nccc(C)c1C(=O)O. The van der Waals surface area contributed by atoms with Crippen molar-refractivity contribution in [2.24, 2.45) is 0 Å². The van der Waals surface area contributed by atoms with Gasteiger partial charge in [0, 0.05) is 19.9 Å². The normalized spacial score (nSPS) is 12.2. The van der Waals surface area contributed by atoms with Crippen molar-refractivity contribution in [1.82, 2.24) is 4.98 Å². The number of aromatic nitrogens is 1. The largest absolute Gasteiger partial charge is 0.478 e. The number of carbonyl (C=O) groups is 1. The second kappa shape index (κ2) is 5.46. The van der Waals surface area contributed by atoms with Crippen molar-refractivity contribution in [3.63, 3.8) is 0 Å². The molecule has 0 amide bonds. The molecule has 2 N–H and O–H groups in total. The number of pyridine rings is 1. The van der Waals surface area contributed by atoms with E-state index in [1.165, 1.54) is 0 Å². The van der Waals surface area contributed by atoms with Crippen LogP contribution in [0.5, 0.6) is 0 Å². The lowest BCUT2D eigenvalue weighted by Gasteiger charge is -2.13. The topological polar surface area (TPSA) is 71.5 Å². The van der Waals surface area contributed by atoms with Gasteiger partial charge < -0.3 is 15.2 Å². The fourth-order valence-electron chi connectivity index (χ4n) is 1.29. The van der Waals surface area contributed by atoms with Crippen LogP contribution in [0, 0.1) is 6.92 Å². The van der Waals surface area contributed by atoms with Crippen LogP contribution < -0.4 is 5.32 Å². The Morgan fingerprint density at radius 2 is 2.38 bits per heavy atom. The van der Waals surface area contributed by atoms with E-state index >= 15 is 0 Å². The van der Waals surface area contributed by atoms with Crippen LogP contribution in [-0.2, 0) is 4.74 Å². The zero-order valence-corrected chi connectivity index (χ0v) is 9.65. The maximum atomic E-state index is 11.0. The Bertz CT molecular complexity index is 379. The van der Waals surface area contributed by atoms with Crippen molar-refractivity contribution >= 4 is 11.8 Å². The highest BCUT2D eigenvalue weighted by Gasteiger charge is 2.14. The van der Waals surface area contributed by atoms with E-state index in [2.05, 4.69) is 10.3 Å². The highest BCUT2D eigenvalue weighted by Crippen LogP contribution is 2.16. The van der Waals surface area contributed by atoms with E-state index in [0.29, 0.717) is 17.9 Å². The van der Waals surface area contributed by atoms with E-state index in [-0.39, 0.29) is 11.7 Å². The van der Waals surface area contributed by atoms with Gasteiger partial charge in [-0.3, -0.25) is 0 Å². The number of nitrogens with one attached hydrogen (secondary N) is 1. The van der Waals surface area contributed by atoms with Crippen LogP contribution in [0.2, 0.25) is 0 Å². The molecule has 1 atom stereocenters. The van der Waals surface area contributed by atoms with Crippen LogP contribution in [0.15, 0.2) is 12.3 Å². The first kappa shape index (κ1) is 12.4. The first-order valence-corrected chi connectivity index (χ1v) is 5.01. The minimum Gasteiger partial charge on any atom is -0.478 e. The van der Waals surface area contributed by atoms with Crippen LogP contribution in [0.3, 0.4) is 0 Å². The summed E-state index contributed by atoms with van der Waals surface area (Å²) in [5.41, 5.74) is 0.904. The lowest BCUT2D eigenvalue weighted by atomic mass is 10.1. The van der Waals surface area contributed by atoms with E-state index in [0.717, 1.165) is 0 Å². The van der Waals surface area contributed by atoms with Gasteiger partial charge in [0.05, 0.1) is 6.10 Å². The van der Waals surface area contributed by atoms with E-state index in [4.69, 9.17) is 9.84 Å². The molecule has 0 saturated heterocycles. The van der Waals surface area contributed by atoms with Gasteiger partial charge >= 0.3 is 5.97 Å². The smallest absolute Gasteiger partial charge is 0.339 e. The van der Waals surface area contributed by atoms with Gasteiger partial charge in [0.1, 0.15) is 11.4 Å². The molecule has 0 aliphatic rings. The van der Waals surface area contributed by atoms with E-state index in [9.17, 15) is 4.79 Å². The summed E-state index contributed by atoms with van der Waals surface area (Å²) in [4.78, 5) is 15.1. The molecule has 0 aliphatic heterocycles. The Kier molecular flexibility index (Phi) is 4.25. The van der Waals surface area contributed by atoms with Crippen molar-refractivity contribution in [3.8, 4) is 0 Å². The summed E-state index contributed by atoms with van der Waals surface area (Å²) in [5.74, 6) is -0.588. The van der Waals surface area contributed by atoms with Crippen LogP contribution in [0.25, 0.3) is 0 Å². The summed E-state index contributed by atoms with van der Waals surface area (Å²) in [7, 11) is 1.61. The summed E-state index contributed by atoms with van der Waals surface area (Å²) in [6, 6.07) is 1.67. The van der Waals surface area contributed by atoms with Crippen molar-refractivity contribution in [2.45, 2.75) is 20.0 Å². The third-order valence-electron chi connectivity index (χ3n) is 2.33. The zero-order valence-electron chi connectivity index (χ0n) is 9.65. The fraction of sp³-hybridized carbons (Fsp3) is 0.455. The number of ether oxygens (including phenoxy) is 1. The van der Waals surface area contributed by atoms with Crippen molar-refractivity contribution in [2.75, 3.05) is 19.0 Å². The molecular formula is C11H16N2O3. The van der Waals surface area contributed by atoms with Crippen molar-refractivity contribution in [3.05, 3.63) is 23.4 Å². The highest BCUT2D eigenvalue weighted by atomic mass is 16.5. The monoisotopic (exact) mass is 224 g/mol. The van der Waals surface area contributed by atoms with Crippen molar-refractivity contribution < 1.29 is 14.6 Å². The second-order valence-electron chi connectivity index (χ2n) is 3.58. The number of hydrogen-bond donors (Lipinski definition) is 2. The Labute approximate surface area is 94.5 Å². The van der Waals surface area contributed by atoms with Gasteiger partial charge in [0.15, 0.2) is 0 Å². The number of nitrogens with zero attached hydrogens (tertiary/aromatic N) is 1. The van der Waals surface area contributed by atoms with Gasteiger partial charge in [-0.1, -0.05) is 0 Å². The van der Waals surface area contributed by atoms with Gasteiger partial charge in [-0.05, 0) is 25.5 Å². The predicted octanol–water partition coefficient (Wildman–Crippen LogP) is 1.54. The molecule has 1 rings (SSSR count). The number of carboxylic acid groups (broad SMARTS) is 1. The molecule has 0 fully saturated rings. The summed E-state index contributed by atoms with van der Waals surface area (Å²) < 4.78 is 5.06. The maximum absolute atomic E-state index is 11.0. The molecule has 0 saturated carbocycles. The predicted molar refractivity (Wildman–Crippen MR) is 60.9 cm³/mol. The first-order valence-electron chi connectivity index (χ1n) is 5.01. The second-order valence-corrected chi connectivity index (χ2v) is 3.58. The van der Waals surface area contributed by atoms with Gasteiger partial charge in [0.2, 0.25) is 0 Å². The molecule has 88 valence electrons. The van der Waals surface area contributed by atoms with E-state index in [1.54, 1.807) is 26.3 Å². The number of methoxy groups -OCH3 is 1. The first-order chi connectivity index (χ1) is 7.56. The molecule has 1 unspecified atom stereocenters. The lowest BCUT2D eigenvalue weighted by Crippen LogP contribution is -2.20. The summed E-state index contributed by atoms with van der Waals surface area (Å²) in [5, 5.41) is 12.0. The number of hydrogen-bond acceptors (Lipinski definition) is 4. The molecule has 5 heteroatoms. The van der Waals surface area contributed by atoms with Crippen LogP contribution >= 0.6 is 0 Å². The van der Waals surface area contributed by atoms with Crippen LogP contribution in [0.1, 0.15) is 22.8 Å². The molecule has 0 bridgehead atoms. The minimum atomic E-state index is -0.974. The van der Waals surface area contributed by atoms with Gasteiger partial charge in [-0.25, -0.2) is 9.78 Å². The standard InChI is InChI=1S/C11H16N2O3/c1-7-4-5-12-10(9(7)11(14)15)13-6-8(2)16-3/h4-5,8H,6H2,1-3H3,(H,12,13)(H,14,15). The van der Waals surface area contributed by atoms with Gasteiger partial charge in [-0.2, -0.15) is 0 Å². The van der Waals surface area contributed by atoms with Crippen LogP contribution in [-0.4, -0.2) is 35.8 Å². The molecule has 1 aromatic rings. The highest BCUT2D eigenvalue weighted by molar-refractivity contribution is 5.94. The fourth-order valence-corrected chi connectivity index (χ4v) is 1.29. The molecule has 0 spiro atoms. The summed E-state index contributed by atoms with van der Waals surface area (Å²) in [6.45, 7) is 4.16. The van der Waals surface area contributed by atoms with Crippen LogP contribution in [0.4, 0.5) is 5.82 Å². The molecular weight excluding hydrogens is 208 g/mol. The molecule has 0 aliphatic carbocycles. The Morgan fingerprint density at radius 1 is 1.69 bits per heavy atom. The lowest BCUT2D eigenvalue weighted by molar-refractivity contribution is 0.0696.